The van der Waals surface area contributed by atoms with Crippen LogP contribution in [0.3, 0.4) is 0 Å². The van der Waals surface area contributed by atoms with Crippen molar-refractivity contribution in [2.24, 2.45) is 0 Å². The Bertz CT molecular complexity index is 1280. The van der Waals surface area contributed by atoms with Gasteiger partial charge in [-0.15, -0.1) is 0 Å². The van der Waals surface area contributed by atoms with Crippen molar-refractivity contribution in [2.45, 2.75) is 0 Å². The predicted octanol–water partition coefficient (Wildman–Crippen LogP) is 4.13. The van der Waals surface area contributed by atoms with E-state index < -0.39 is 7.12 Å². The van der Waals surface area contributed by atoms with Gasteiger partial charge in [0.2, 0.25) is 0 Å². The summed E-state index contributed by atoms with van der Waals surface area (Å²) >= 11 is 0. The van der Waals surface area contributed by atoms with Crippen LogP contribution in [0.25, 0.3) is 38.6 Å². The van der Waals surface area contributed by atoms with Gasteiger partial charge in [0.05, 0.1) is 11.0 Å². The van der Waals surface area contributed by atoms with Crippen LogP contribution >= 0.6 is 0 Å². The largest absolute Gasteiger partial charge is 0.488 e. The van der Waals surface area contributed by atoms with Gasteiger partial charge in [0.15, 0.2) is 0 Å². The molecule has 0 aliphatic heterocycles. The lowest BCUT2D eigenvalue weighted by Gasteiger charge is -2.09. The lowest BCUT2D eigenvalue weighted by atomic mass is 9.80. The maximum Gasteiger partial charge on any atom is 0.488 e. The number of hydrogen-bond acceptors (Lipinski definition) is 2. The van der Waals surface area contributed by atoms with Crippen molar-refractivity contribution in [2.75, 3.05) is 0 Å². The predicted molar refractivity (Wildman–Crippen MR) is 116 cm³/mol. The van der Waals surface area contributed by atoms with Gasteiger partial charge in [0, 0.05) is 16.5 Å². The Labute approximate surface area is 163 Å². The Morgan fingerprint density at radius 1 is 0.571 bits per heavy atom. The molecule has 1 aromatic heterocycles. The zero-order valence-corrected chi connectivity index (χ0v) is 15.2. The Kier molecular flexibility index (Phi) is 4.01. The smallest absolute Gasteiger partial charge is 0.423 e. The molecule has 1 heterocycles. The zero-order chi connectivity index (χ0) is 19.1. The second kappa shape index (κ2) is 6.68. The highest BCUT2D eigenvalue weighted by Crippen LogP contribution is 2.34. The number of para-hydroxylation sites is 1. The molecule has 28 heavy (non-hydrogen) atoms. The SMILES string of the molecule is OB(O)c1ccc(-n2c3ccccc3c3cc(-c4ccccc4)ccc32)cc1. The molecule has 4 aromatic carbocycles. The minimum absolute atomic E-state index is 0.482. The van der Waals surface area contributed by atoms with E-state index in [4.69, 9.17) is 0 Å². The van der Waals surface area contributed by atoms with E-state index in [0.717, 1.165) is 16.7 Å². The molecule has 0 aliphatic rings. The first-order valence-electron chi connectivity index (χ1n) is 9.27. The summed E-state index contributed by atoms with van der Waals surface area (Å²) in [5, 5.41) is 21.1. The summed E-state index contributed by atoms with van der Waals surface area (Å²) in [6.45, 7) is 0. The van der Waals surface area contributed by atoms with Gasteiger partial charge in [-0.05, 0) is 46.9 Å². The van der Waals surface area contributed by atoms with Crippen LogP contribution in [0.2, 0.25) is 0 Å². The van der Waals surface area contributed by atoms with Gasteiger partial charge < -0.3 is 14.6 Å². The molecule has 0 radical (unpaired) electrons. The van der Waals surface area contributed by atoms with E-state index in [1.165, 1.54) is 21.9 Å². The molecule has 5 rings (SSSR count). The average Bonchev–Trinajstić information content (AvgIpc) is 3.08. The molecule has 3 nitrogen and oxygen atoms in total. The van der Waals surface area contributed by atoms with Crippen LogP contribution in [0, 0.1) is 0 Å². The highest BCUT2D eigenvalue weighted by atomic mass is 16.4. The van der Waals surface area contributed by atoms with E-state index in [-0.39, 0.29) is 0 Å². The minimum Gasteiger partial charge on any atom is -0.423 e. The van der Waals surface area contributed by atoms with Gasteiger partial charge in [-0.3, -0.25) is 0 Å². The maximum atomic E-state index is 9.38. The van der Waals surface area contributed by atoms with Gasteiger partial charge in [-0.2, -0.15) is 0 Å². The summed E-state index contributed by atoms with van der Waals surface area (Å²) in [6, 6.07) is 32.7. The van der Waals surface area contributed by atoms with Crippen LogP contribution in [-0.4, -0.2) is 21.7 Å². The van der Waals surface area contributed by atoms with Crippen LogP contribution in [0.4, 0.5) is 0 Å². The molecule has 0 bridgehead atoms. The quantitative estimate of drug-likeness (QED) is 0.474. The Morgan fingerprint density at radius 2 is 1.25 bits per heavy atom. The molecule has 134 valence electrons. The van der Waals surface area contributed by atoms with Crippen LogP contribution < -0.4 is 5.46 Å². The highest BCUT2D eigenvalue weighted by Gasteiger charge is 2.14. The van der Waals surface area contributed by atoms with Crippen molar-refractivity contribution in [1.29, 1.82) is 0 Å². The van der Waals surface area contributed by atoms with Crippen molar-refractivity contribution in [3.63, 3.8) is 0 Å². The molecule has 0 spiro atoms. The normalized spacial score (nSPS) is 11.2. The molecule has 0 fully saturated rings. The Morgan fingerprint density at radius 3 is 2.00 bits per heavy atom. The molecular weight excluding hydrogens is 345 g/mol. The van der Waals surface area contributed by atoms with Gasteiger partial charge >= 0.3 is 7.12 Å². The fourth-order valence-corrected chi connectivity index (χ4v) is 3.86. The maximum absolute atomic E-state index is 9.38. The molecule has 0 amide bonds. The summed E-state index contributed by atoms with van der Waals surface area (Å²) in [6.07, 6.45) is 0. The van der Waals surface area contributed by atoms with Crippen molar-refractivity contribution < 1.29 is 10.0 Å². The molecule has 0 atom stereocenters. The second-order valence-corrected chi connectivity index (χ2v) is 6.92. The number of rotatable bonds is 3. The topological polar surface area (TPSA) is 45.4 Å². The number of hydrogen-bond donors (Lipinski definition) is 2. The van der Waals surface area contributed by atoms with Crippen molar-refractivity contribution in [3.05, 3.63) is 97.1 Å². The van der Waals surface area contributed by atoms with Crippen molar-refractivity contribution in [3.8, 4) is 16.8 Å². The van der Waals surface area contributed by atoms with E-state index >= 15 is 0 Å². The molecule has 0 saturated heterocycles. The molecule has 0 unspecified atom stereocenters. The first kappa shape index (κ1) is 16.8. The standard InChI is InChI=1S/C24H18BNO2/c27-25(28)19-11-13-20(14-12-19)26-23-9-5-4-8-21(23)22-16-18(10-15-24(22)26)17-6-2-1-3-7-17/h1-16,27-28H. The van der Waals surface area contributed by atoms with Crippen LogP contribution in [0.1, 0.15) is 0 Å². The number of nitrogens with zero attached hydrogens (tertiary/aromatic N) is 1. The Balaban J connectivity index is 1.77. The summed E-state index contributed by atoms with van der Waals surface area (Å²) in [7, 11) is -1.46. The molecular formula is C24H18BNO2. The van der Waals surface area contributed by atoms with Gasteiger partial charge in [0.1, 0.15) is 0 Å². The summed E-state index contributed by atoms with van der Waals surface area (Å²) in [5.74, 6) is 0. The van der Waals surface area contributed by atoms with E-state index in [9.17, 15) is 10.0 Å². The minimum atomic E-state index is -1.46. The number of benzene rings is 4. The monoisotopic (exact) mass is 363 g/mol. The van der Waals surface area contributed by atoms with E-state index in [1.54, 1.807) is 12.1 Å². The lowest BCUT2D eigenvalue weighted by Crippen LogP contribution is -2.29. The lowest BCUT2D eigenvalue weighted by molar-refractivity contribution is 0.426. The summed E-state index contributed by atoms with van der Waals surface area (Å²) in [4.78, 5) is 0. The highest BCUT2D eigenvalue weighted by molar-refractivity contribution is 6.58. The molecule has 4 heteroatoms. The third kappa shape index (κ3) is 2.71. The summed E-state index contributed by atoms with van der Waals surface area (Å²) < 4.78 is 2.22. The van der Waals surface area contributed by atoms with Crippen molar-refractivity contribution in [1.82, 2.24) is 4.57 Å². The van der Waals surface area contributed by atoms with Crippen LogP contribution in [-0.2, 0) is 0 Å². The van der Waals surface area contributed by atoms with Gasteiger partial charge in [-0.1, -0.05) is 66.7 Å². The molecule has 5 aromatic rings. The third-order valence-electron chi connectivity index (χ3n) is 5.23. The molecule has 0 aliphatic carbocycles. The third-order valence-corrected chi connectivity index (χ3v) is 5.23. The van der Waals surface area contributed by atoms with Gasteiger partial charge in [-0.25, -0.2) is 0 Å². The van der Waals surface area contributed by atoms with Crippen molar-refractivity contribution >= 4 is 34.4 Å². The molecule has 2 N–H and O–H groups in total. The average molecular weight is 363 g/mol. The fraction of sp³-hybridized carbons (Fsp3) is 0. The van der Waals surface area contributed by atoms with Crippen LogP contribution in [0.5, 0.6) is 0 Å². The molecule has 0 saturated carbocycles. The number of fused-ring (bicyclic) bond motifs is 3. The van der Waals surface area contributed by atoms with E-state index in [0.29, 0.717) is 5.46 Å². The first-order chi connectivity index (χ1) is 13.7. The first-order valence-corrected chi connectivity index (χ1v) is 9.27. The van der Waals surface area contributed by atoms with E-state index in [2.05, 4.69) is 65.2 Å². The number of aromatic nitrogens is 1. The zero-order valence-electron chi connectivity index (χ0n) is 15.2. The van der Waals surface area contributed by atoms with Crippen LogP contribution in [0.15, 0.2) is 97.1 Å². The van der Waals surface area contributed by atoms with E-state index in [1.807, 2.05) is 24.3 Å². The van der Waals surface area contributed by atoms with Gasteiger partial charge in [0.25, 0.3) is 0 Å². The fourth-order valence-electron chi connectivity index (χ4n) is 3.86. The Hall–Kier alpha value is -3.34. The summed E-state index contributed by atoms with van der Waals surface area (Å²) in [5.41, 5.74) is 6.11. The second-order valence-electron chi connectivity index (χ2n) is 6.92.